The van der Waals surface area contributed by atoms with Crippen molar-refractivity contribution in [3.05, 3.63) is 41.5 Å². The summed E-state index contributed by atoms with van der Waals surface area (Å²) >= 11 is 0. The van der Waals surface area contributed by atoms with Crippen molar-refractivity contribution < 1.29 is 14.3 Å². The van der Waals surface area contributed by atoms with Gasteiger partial charge in [-0.15, -0.1) is 0 Å². The summed E-state index contributed by atoms with van der Waals surface area (Å²) in [6.07, 6.45) is 7.26. The number of hydrogen-bond acceptors (Lipinski definition) is 4. The Balaban J connectivity index is 1.39. The van der Waals surface area contributed by atoms with E-state index in [9.17, 15) is 9.59 Å². The number of carbonyl (C=O) groups excluding carboxylic acids is 2. The standard InChI is InChI=1S/C21H29N5O3/c1-2-10-29-19-11-14(5-6-17(19)24-20(27)18-4-3-8-22-18)21(28)26-9-7-16-15(13-26)12-23-25-16/h3-4,8,12,14,17,19,22H,2,5-7,9-11,13H2,1H3,(H,23,25)(H,24,27)/t14-,17-,19-/m0/s1. The van der Waals surface area contributed by atoms with Crippen molar-refractivity contribution in [1.82, 2.24) is 25.4 Å². The zero-order valence-electron chi connectivity index (χ0n) is 16.8. The minimum Gasteiger partial charge on any atom is -0.376 e. The fourth-order valence-electron chi connectivity index (χ4n) is 4.36. The van der Waals surface area contributed by atoms with Crippen LogP contribution in [-0.2, 0) is 22.5 Å². The SMILES string of the molecule is CCCO[C@H]1C[C@@H](C(=O)N2CCc3[nH]ncc3C2)CC[C@@H]1NC(=O)c1ccc[nH]1. The molecule has 3 N–H and O–H groups in total. The number of nitrogens with one attached hydrogen (secondary N) is 3. The van der Waals surface area contributed by atoms with Crippen molar-refractivity contribution in [2.75, 3.05) is 13.2 Å². The highest BCUT2D eigenvalue weighted by Crippen LogP contribution is 2.30. The number of rotatable bonds is 6. The van der Waals surface area contributed by atoms with E-state index in [-0.39, 0.29) is 29.9 Å². The first-order valence-corrected chi connectivity index (χ1v) is 10.5. The van der Waals surface area contributed by atoms with Crippen LogP contribution < -0.4 is 5.32 Å². The Morgan fingerprint density at radius 1 is 1.38 bits per heavy atom. The summed E-state index contributed by atoms with van der Waals surface area (Å²) in [6.45, 7) is 4.03. The van der Waals surface area contributed by atoms with Gasteiger partial charge >= 0.3 is 0 Å². The van der Waals surface area contributed by atoms with Crippen LogP contribution in [-0.4, -0.2) is 57.2 Å². The van der Waals surface area contributed by atoms with Gasteiger partial charge in [-0.25, -0.2) is 0 Å². The van der Waals surface area contributed by atoms with Crippen LogP contribution in [0.2, 0.25) is 0 Å². The first-order valence-electron chi connectivity index (χ1n) is 10.5. The summed E-state index contributed by atoms with van der Waals surface area (Å²) in [5.41, 5.74) is 2.78. The topological polar surface area (TPSA) is 103 Å². The number of fused-ring (bicyclic) bond motifs is 1. The molecular formula is C21H29N5O3. The number of H-pyrrole nitrogens is 2. The lowest BCUT2D eigenvalue weighted by Gasteiger charge is -2.38. The molecular weight excluding hydrogens is 370 g/mol. The average Bonchev–Trinajstić information content (AvgIpc) is 3.43. The molecule has 1 aliphatic heterocycles. The van der Waals surface area contributed by atoms with Gasteiger partial charge in [0.2, 0.25) is 5.91 Å². The van der Waals surface area contributed by atoms with Crippen molar-refractivity contribution in [2.45, 2.75) is 57.7 Å². The molecule has 3 atom stereocenters. The number of aromatic nitrogens is 3. The number of amides is 2. The maximum atomic E-state index is 13.2. The Morgan fingerprint density at radius 2 is 2.28 bits per heavy atom. The predicted molar refractivity (Wildman–Crippen MR) is 107 cm³/mol. The molecule has 156 valence electrons. The van der Waals surface area contributed by atoms with E-state index < -0.39 is 0 Å². The first-order chi connectivity index (χ1) is 14.2. The molecule has 2 aromatic rings. The van der Waals surface area contributed by atoms with Gasteiger partial charge in [0.05, 0.1) is 18.3 Å². The van der Waals surface area contributed by atoms with E-state index in [2.05, 4.69) is 27.4 Å². The molecule has 29 heavy (non-hydrogen) atoms. The van der Waals surface area contributed by atoms with Crippen LogP contribution in [0.25, 0.3) is 0 Å². The molecule has 2 aliphatic rings. The van der Waals surface area contributed by atoms with Crippen LogP contribution in [0.3, 0.4) is 0 Å². The second-order valence-electron chi connectivity index (χ2n) is 7.97. The van der Waals surface area contributed by atoms with Crippen molar-refractivity contribution in [3.8, 4) is 0 Å². The summed E-state index contributed by atoms with van der Waals surface area (Å²) in [5, 5.41) is 10.2. The van der Waals surface area contributed by atoms with Crippen LogP contribution in [0.15, 0.2) is 24.5 Å². The molecule has 1 aliphatic carbocycles. The van der Waals surface area contributed by atoms with E-state index in [0.717, 1.165) is 43.5 Å². The molecule has 8 heteroatoms. The summed E-state index contributed by atoms with van der Waals surface area (Å²) in [4.78, 5) is 30.5. The second-order valence-corrected chi connectivity index (χ2v) is 7.97. The quantitative estimate of drug-likeness (QED) is 0.691. The average molecular weight is 399 g/mol. The van der Waals surface area contributed by atoms with Crippen molar-refractivity contribution in [1.29, 1.82) is 0 Å². The normalized spacial score (nSPS) is 24.2. The van der Waals surface area contributed by atoms with E-state index in [4.69, 9.17) is 4.74 Å². The number of nitrogens with zero attached hydrogens (tertiary/aromatic N) is 2. The smallest absolute Gasteiger partial charge is 0.267 e. The number of aromatic amines is 2. The van der Waals surface area contributed by atoms with E-state index in [1.165, 1.54) is 0 Å². The van der Waals surface area contributed by atoms with Crippen LogP contribution in [0, 0.1) is 5.92 Å². The molecule has 3 heterocycles. The maximum Gasteiger partial charge on any atom is 0.267 e. The number of hydrogen-bond donors (Lipinski definition) is 3. The van der Waals surface area contributed by atoms with E-state index in [0.29, 0.717) is 25.3 Å². The van der Waals surface area contributed by atoms with E-state index in [1.807, 2.05) is 11.1 Å². The highest BCUT2D eigenvalue weighted by molar-refractivity contribution is 5.92. The minimum atomic E-state index is -0.147. The second kappa shape index (κ2) is 8.82. The predicted octanol–water partition coefficient (Wildman–Crippen LogP) is 2.02. The minimum absolute atomic E-state index is 0.0658. The molecule has 8 nitrogen and oxygen atoms in total. The third kappa shape index (κ3) is 4.37. The summed E-state index contributed by atoms with van der Waals surface area (Å²) in [7, 11) is 0. The van der Waals surface area contributed by atoms with Crippen LogP contribution in [0.4, 0.5) is 0 Å². The molecule has 0 spiro atoms. The maximum absolute atomic E-state index is 13.2. The molecule has 0 unspecified atom stereocenters. The highest BCUT2D eigenvalue weighted by Gasteiger charge is 2.37. The van der Waals surface area contributed by atoms with Crippen LogP contribution in [0.1, 0.15) is 54.4 Å². The Bertz CT molecular complexity index is 831. The van der Waals surface area contributed by atoms with Crippen molar-refractivity contribution >= 4 is 11.8 Å². The van der Waals surface area contributed by atoms with Gasteiger partial charge in [-0.3, -0.25) is 14.7 Å². The molecule has 4 rings (SSSR count). The van der Waals surface area contributed by atoms with Crippen molar-refractivity contribution in [3.63, 3.8) is 0 Å². The monoisotopic (exact) mass is 399 g/mol. The van der Waals surface area contributed by atoms with Gasteiger partial charge in [-0.1, -0.05) is 6.92 Å². The first kappa shape index (κ1) is 19.7. The number of carbonyl (C=O) groups is 2. The van der Waals surface area contributed by atoms with Gasteiger partial charge in [-0.05, 0) is 37.8 Å². The zero-order valence-corrected chi connectivity index (χ0v) is 16.8. The summed E-state index contributed by atoms with van der Waals surface area (Å²) < 4.78 is 6.06. The Hall–Kier alpha value is -2.61. The molecule has 2 aromatic heterocycles. The molecule has 0 saturated heterocycles. The fraction of sp³-hybridized carbons (Fsp3) is 0.571. The van der Waals surface area contributed by atoms with Gasteiger partial charge in [0.1, 0.15) is 5.69 Å². The summed E-state index contributed by atoms with van der Waals surface area (Å²) in [6, 6.07) is 3.48. The Kier molecular flexibility index (Phi) is 5.99. The Morgan fingerprint density at radius 3 is 3.07 bits per heavy atom. The largest absolute Gasteiger partial charge is 0.376 e. The molecule has 1 fully saturated rings. The van der Waals surface area contributed by atoms with Crippen LogP contribution >= 0.6 is 0 Å². The molecule has 0 aromatic carbocycles. The molecule has 0 bridgehead atoms. The molecule has 0 radical (unpaired) electrons. The summed E-state index contributed by atoms with van der Waals surface area (Å²) in [5.74, 6) is -0.00145. The lowest BCUT2D eigenvalue weighted by atomic mass is 9.82. The van der Waals surface area contributed by atoms with Gasteiger partial charge < -0.3 is 19.9 Å². The number of ether oxygens (including phenoxy) is 1. The van der Waals surface area contributed by atoms with Gasteiger partial charge in [0.25, 0.3) is 5.91 Å². The molecule has 2 amide bonds. The highest BCUT2D eigenvalue weighted by atomic mass is 16.5. The van der Waals surface area contributed by atoms with E-state index >= 15 is 0 Å². The third-order valence-corrected chi connectivity index (χ3v) is 5.95. The lowest BCUT2D eigenvalue weighted by molar-refractivity contribution is -0.140. The van der Waals surface area contributed by atoms with Crippen molar-refractivity contribution in [2.24, 2.45) is 5.92 Å². The van der Waals surface area contributed by atoms with Crippen LogP contribution in [0.5, 0.6) is 0 Å². The fourth-order valence-corrected chi connectivity index (χ4v) is 4.36. The zero-order chi connectivity index (χ0) is 20.2. The van der Waals surface area contributed by atoms with Gasteiger partial charge in [0, 0.05) is 49.5 Å². The van der Waals surface area contributed by atoms with E-state index in [1.54, 1.807) is 18.3 Å². The van der Waals surface area contributed by atoms with Gasteiger partial charge in [0.15, 0.2) is 0 Å². The van der Waals surface area contributed by atoms with Gasteiger partial charge in [-0.2, -0.15) is 5.10 Å². The molecule has 1 saturated carbocycles. The third-order valence-electron chi connectivity index (χ3n) is 5.95. The Labute approximate surface area is 170 Å². The lowest BCUT2D eigenvalue weighted by Crippen LogP contribution is -2.51.